The summed E-state index contributed by atoms with van der Waals surface area (Å²) in [7, 11) is 0. The fraction of sp³-hybridized carbons (Fsp3) is 0.280. The standard InChI is InChI=1S/C25H25N3O2S2/c1-2-19-11-13-20(14-12-19)18-22-24(30)28(25(31)32-22)16-6-10-23(29)27(17-7-15-26)21-8-4-3-5-9-21/h3-5,8-9,11-14,18H,2,6-7,10,16-17H2,1H3/b22-18-. The second-order valence-electron chi connectivity index (χ2n) is 7.32. The summed E-state index contributed by atoms with van der Waals surface area (Å²) >= 11 is 6.71. The highest BCUT2D eigenvalue weighted by molar-refractivity contribution is 8.26. The average molecular weight is 464 g/mol. The van der Waals surface area contributed by atoms with Crippen LogP contribution in [-0.2, 0) is 16.0 Å². The number of nitriles is 1. The molecule has 2 amide bonds. The van der Waals surface area contributed by atoms with E-state index < -0.39 is 0 Å². The van der Waals surface area contributed by atoms with Crippen molar-refractivity contribution in [2.24, 2.45) is 0 Å². The van der Waals surface area contributed by atoms with E-state index in [9.17, 15) is 9.59 Å². The first-order valence-corrected chi connectivity index (χ1v) is 11.8. The van der Waals surface area contributed by atoms with Crippen LogP contribution in [0.2, 0.25) is 0 Å². The third kappa shape index (κ3) is 6.06. The van der Waals surface area contributed by atoms with E-state index in [1.54, 1.807) is 9.80 Å². The lowest BCUT2D eigenvalue weighted by Gasteiger charge is -2.22. The summed E-state index contributed by atoms with van der Waals surface area (Å²) < 4.78 is 0.517. The van der Waals surface area contributed by atoms with Crippen LogP contribution in [0.15, 0.2) is 59.5 Å². The molecule has 2 aromatic rings. The van der Waals surface area contributed by atoms with Gasteiger partial charge in [0, 0.05) is 25.2 Å². The molecule has 1 aliphatic heterocycles. The molecule has 1 saturated heterocycles. The molecule has 32 heavy (non-hydrogen) atoms. The number of anilines is 1. The van der Waals surface area contributed by atoms with Gasteiger partial charge in [0.05, 0.1) is 17.4 Å². The number of carbonyl (C=O) groups excluding carboxylic acids is 2. The third-order valence-corrected chi connectivity index (χ3v) is 6.53. The van der Waals surface area contributed by atoms with Crippen LogP contribution in [0.4, 0.5) is 5.69 Å². The maximum Gasteiger partial charge on any atom is 0.266 e. The summed E-state index contributed by atoms with van der Waals surface area (Å²) in [6.45, 7) is 2.84. The molecule has 0 aliphatic carbocycles. The van der Waals surface area contributed by atoms with Gasteiger partial charge < -0.3 is 4.90 Å². The Hall–Kier alpha value is -2.95. The normalized spacial score (nSPS) is 14.6. The molecule has 0 radical (unpaired) electrons. The van der Waals surface area contributed by atoms with Gasteiger partial charge in [0.1, 0.15) is 4.32 Å². The minimum atomic E-state index is -0.114. The van der Waals surface area contributed by atoms with E-state index in [0.29, 0.717) is 28.7 Å². The molecule has 1 aliphatic rings. The second kappa shape index (κ2) is 11.6. The molecule has 0 bridgehead atoms. The largest absolute Gasteiger partial charge is 0.311 e. The molecule has 5 nitrogen and oxygen atoms in total. The SMILES string of the molecule is CCc1ccc(/C=C2\SC(=S)N(CCCC(=O)N(CCC#N)c3ccccc3)C2=O)cc1. The molecule has 1 fully saturated rings. The Balaban J connectivity index is 1.59. The summed E-state index contributed by atoms with van der Waals surface area (Å²) in [5.74, 6) is -0.181. The number of rotatable bonds is 9. The lowest BCUT2D eigenvalue weighted by Crippen LogP contribution is -2.33. The van der Waals surface area contributed by atoms with Crippen molar-refractivity contribution < 1.29 is 9.59 Å². The number of aryl methyl sites for hydroxylation is 1. The van der Waals surface area contributed by atoms with E-state index in [-0.39, 0.29) is 24.7 Å². The molecule has 0 aromatic heterocycles. The van der Waals surface area contributed by atoms with Crippen LogP contribution < -0.4 is 4.90 Å². The minimum Gasteiger partial charge on any atom is -0.311 e. The van der Waals surface area contributed by atoms with Crippen LogP contribution >= 0.6 is 24.0 Å². The second-order valence-corrected chi connectivity index (χ2v) is 9.00. The Bertz CT molecular complexity index is 1040. The zero-order valence-corrected chi connectivity index (χ0v) is 19.6. The van der Waals surface area contributed by atoms with Crippen molar-refractivity contribution in [3.8, 4) is 6.07 Å². The Kier molecular flexibility index (Phi) is 8.60. The monoisotopic (exact) mass is 463 g/mol. The fourth-order valence-corrected chi connectivity index (χ4v) is 4.69. The lowest BCUT2D eigenvalue weighted by molar-refractivity contribution is -0.123. The molecule has 0 N–H and O–H groups in total. The molecule has 0 unspecified atom stereocenters. The van der Waals surface area contributed by atoms with Gasteiger partial charge in [-0.05, 0) is 42.2 Å². The van der Waals surface area contributed by atoms with Crippen LogP contribution in [-0.4, -0.2) is 34.1 Å². The molecular weight excluding hydrogens is 438 g/mol. The summed E-state index contributed by atoms with van der Waals surface area (Å²) in [5.41, 5.74) is 2.99. The smallest absolute Gasteiger partial charge is 0.266 e. The van der Waals surface area contributed by atoms with Crippen molar-refractivity contribution in [2.75, 3.05) is 18.0 Å². The van der Waals surface area contributed by atoms with Crippen molar-refractivity contribution in [3.63, 3.8) is 0 Å². The van der Waals surface area contributed by atoms with E-state index in [1.807, 2.05) is 48.5 Å². The molecule has 2 aromatic carbocycles. The topological polar surface area (TPSA) is 64.4 Å². The van der Waals surface area contributed by atoms with Crippen molar-refractivity contribution in [3.05, 3.63) is 70.6 Å². The van der Waals surface area contributed by atoms with E-state index >= 15 is 0 Å². The number of hydrogen-bond donors (Lipinski definition) is 0. The number of benzene rings is 2. The zero-order valence-electron chi connectivity index (χ0n) is 18.0. The Morgan fingerprint density at radius 1 is 1.19 bits per heavy atom. The van der Waals surface area contributed by atoms with E-state index in [1.165, 1.54) is 17.3 Å². The number of thioether (sulfide) groups is 1. The van der Waals surface area contributed by atoms with Gasteiger partial charge >= 0.3 is 0 Å². The highest BCUT2D eigenvalue weighted by Crippen LogP contribution is 2.32. The van der Waals surface area contributed by atoms with Crippen LogP contribution in [0.25, 0.3) is 6.08 Å². The minimum absolute atomic E-state index is 0.0663. The van der Waals surface area contributed by atoms with E-state index in [0.717, 1.165) is 17.7 Å². The van der Waals surface area contributed by atoms with Gasteiger partial charge in [-0.3, -0.25) is 14.5 Å². The Morgan fingerprint density at radius 3 is 2.56 bits per heavy atom. The van der Waals surface area contributed by atoms with Crippen LogP contribution in [0.3, 0.4) is 0 Å². The van der Waals surface area contributed by atoms with E-state index in [2.05, 4.69) is 25.1 Å². The lowest BCUT2D eigenvalue weighted by atomic mass is 10.1. The Morgan fingerprint density at radius 2 is 1.91 bits per heavy atom. The molecule has 0 atom stereocenters. The predicted molar refractivity (Wildman–Crippen MR) is 134 cm³/mol. The summed E-state index contributed by atoms with van der Waals surface area (Å²) in [6.07, 6.45) is 3.87. The number of carbonyl (C=O) groups is 2. The van der Waals surface area contributed by atoms with Crippen molar-refractivity contribution >= 4 is 51.9 Å². The maximum absolute atomic E-state index is 12.8. The number of thiocarbonyl (C=S) groups is 1. The van der Waals surface area contributed by atoms with Gasteiger partial charge in [0.15, 0.2) is 0 Å². The highest BCUT2D eigenvalue weighted by atomic mass is 32.2. The number of hydrogen-bond acceptors (Lipinski definition) is 5. The van der Waals surface area contributed by atoms with Gasteiger partial charge in [-0.1, -0.05) is 73.4 Å². The molecule has 7 heteroatoms. The highest BCUT2D eigenvalue weighted by Gasteiger charge is 2.31. The first kappa shape index (κ1) is 23.7. The maximum atomic E-state index is 12.8. The van der Waals surface area contributed by atoms with Crippen molar-refractivity contribution in [1.82, 2.24) is 4.90 Å². The number of para-hydroxylation sites is 1. The van der Waals surface area contributed by atoms with Crippen LogP contribution in [0, 0.1) is 11.3 Å². The van der Waals surface area contributed by atoms with E-state index in [4.69, 9.17) is 17.5 Å². The molecular formula is C25H25N3O2S2. The number of nitrogens with zero attached hydrogens (tertiary/aromatic N) is 3. The predicted octanol–water partition coefficient (Wildman–Crippen LogP) is 5.18. The van der Waals surface area contributed by atoms with Gasteiger partial charge in [-0.15, -0.1) is 0 Å². The van der Waals surface area contributed by atoms with Gasteiger partial charge in [0.2, 0.25) is 5.91 Å². The average Bonchev–Trinajstić information content (AvgIpc) is 3.08. The quantitative estimate of drug-likeness (QED) is 0.379. The van der Waals surface area contributed by atoms with Gasteiger partial charge in [0.25, 0.3) is 5.91 Å². The molecule has 3 rings (SSSR count). The van der Waals surface area contributed by atoms with Crippen LogP contribution in [0.5, 0.6) is 0 Å². The zero-order chi connectivity index (χ0) is 22.9. The van der Waals surface area contributed by atoms with Crippen LogP contribution in [0.1, 0.15) is 37.3 Å². The summed E-state index contributed by atoms with van der Waals surface area (Å²) in [5, 5.41) is 8.92. The summed E-state index contributed by atoms with van der Waals surface area (Å²) in [4.78, 5) is 29.4. The molecule has 0 spiro atoms. The van der Waals surface area contributed by atoms with Crippen molar-refractivity contribution in [1.29, 1.82) is 5.26 Å². The van der Waals surface area contributed by atoms with Crippen molar-refractivity contribution in [2.45, 2.75) is 32.6 Å². The third-order valence-electron chi connectivity index (χ3n) is 5.15. The fourth-order valence-electron chi connectivity index (χ4n) is 3.38. The molecule has 0 saturated carbocycles. The first-order valence-electron chi connectivity index (χ1n) is 10.6. The van der Waals surface area contributed by atoms with Gasteiger partial charge in [-0.25, -0.2) is 0 Å². The molecule has 164 valence electrons. The number of amides is 2. The van der Waals surface area contributed by atoms with Gasteiger partial charge in [-0.2, -0.15) is 5.26 Å². The summed E-state index contributed by atoms with van der Waals surface area (Å²) in [6, 6.07) is 19.5. The Labute approximate surface area is 198 Å². The molecule has 1 heterocycles. The first-order chi connectivity index (χ1) is 15.5.